The van der Waals surface area contributed by atoms with E-state index < -0.39 is 0 Å². The fraction of sp³-hybridized carbons (Fsp3) is 0.750. The molecular weight excluding hydrogens is 156 g/mol. The van der Waals surface area contributed by atoms with Crippen molar-refractivity contribution in [3.05, 3.63) is 0 Å². The third-order valence-corrected chi connectivity index (χ3v) is 2.10. The summed E-state index contributed by atoms with van der Waals surface area (Å²) in [7, 11) is 1.73. The summed E-state index contributed by atoms with van der Waals surface area (Å²) in [5, 5.41) is 2.78. The van der Waals surface area contributed by atoms with Gasteiger partial charge in [-0.25, -0.2) is 0 Å². The minimum atomic E-state index is -0.175. The molecular formula is C8H14N2O2. The molecule has 1 rings (SSSR count). The minimum Gasteiger partial charge on any atom is -0.332 e. The average molecular weight is 170 g/mol. The van der Waals surface area contributed by atoms with Gasteiger partial charge in [-0.2, -0.15) is 0 Å². The molecule has 68 valence electrons. The maximum atomic E-state index is 11.3. The second kappa shape index (κ2) is 4.21. The highest BCUT2D eigenvalue weighted by Crippen LogP contribution is 2.14. The number of amides is 1. The van der Waals surface area contributed by atoms with Crippen LogP contribution in [0.2, 0.25) is 0 Å². The summed E-state index contributed by atoms with van der Waals surface area (Å²) in [6.45, 7) is 1.05. The van der Waals surface area contributed by atoms with E-state index in [1.807, 2.05) is 0 Å². The maximum absolute atomic E-state index is 11.3. The molecule has 1 saturated heterocycles. The highest BCUT2D eigenvalue weighted by Gasteiger charge is 2.27. The number of carbonyl (C=O) groups excluding carboxylic acids is 2. The van der Waals surface area contributed by atoms with E-state index in [0.717, 1.165) is 25.7 Å². The Hall–Kier alpha value is -0.900. The van der Waals surface area contributed by atoms with E-state index in [1.54, 1.807) is 11.9 Å². The fourth-order valence-electron chi connectivity index (χ4n) is 1.50. The second-order valence-corrected chi connectivity index (χ2v) is 2.96. The number of rotatable bonds is 3. The topological polar surface area (TPSA) is 49.4 Å². The Kier molecular flexibility index (Phi) is 3.22. The number of hydrogen-bond acceptors (Lipinski definition) is 3. The molecule has 0 aromatic heterocycles. The Bertz CT molecular complexity index is 182. The standard InChI is InChI=1S/C8H14N2O2/c1-9-5-8(12)10-4-2-3-7(10)6-11/h6-7,9H,2-5H2,1H3. The Morgan fingerprint density at radius 1 is 1.75 bits per heavy atom. The first kappa shape index (κ1) is 9.19. The van der Waals surface area contributed by atoms with Crippen molar-refractivity contribution in [2.24, 2.45) is 0 Å². The molecule has 1 fully saturated rings. The number of likely N-dealkylation sites (tertiary alicyclic amines) is 1. The second-order valence-electron chi connectivity index (χ2n) is 2.96. The number of aldehydes is 1. The summed E-state index contributed by atoms with van der Waals surface area (Å²) in [5.74, 6) is 0.0205. The molecule has 1 heterocycles. The summed E-state index contributed by atoms with van der Waals surface area (Å²) in [4.78, 5) is 23.5. The minimum absolute atomic E-state index is 0.0205. The van der Waals surface area contributed by atoms with Crippen molar-refractivity contribution in [3.63, 3.8) is 0 Å². The van der Waals surface area contributed by atoms with E-state index in [4.69, 9.17) is 0 Å². The summed E-state index contributed by atoms with van der Waals surface area (Å²) in [6, 6.07) is -0.175. The van der Waals surface area contributed by atoms with E-state index in [0.29, 0.717) is 6.54 Å². The molecule has 0 bridgehead atoms. The van der Waals surface area contributed by atoms with Crippen LogP contribution in [0.5, 0.6) is 0 Å². The van der Waals surface area contributed by atoms with Gasteiger partial charge in [0.05, 0.1) is 12.6 Å². The molecule has 12 heavy (non-hydrogen) atoms. The van der Waals surface area contributed by atoms with Crippen molar-refractivity contribution in [1.82, 2.24) is 10.2 Å². The predicted octanol–water partition coefficient (Wildman–Crippen LogP) is -0.604. The van der Waals surface area contributed by atoms with Crippen LogP contribution >= 0.6 is 0 Å². The van der Waals surface area contributed by atoms with E-state index in [2.05, 4.69) is 5.32 Å². The third kappa shape index (κ3) is 1.82. The van der Waals surface area contributed by atoms with E-state index in [1.165, 1.54) is 0 Å². The number of carbonyl (C=O) groups is 2. The van der Waals surface area contributed by atoms with Gasteiger partial charge in [0.2, 0.25) is 5.91 Å². The predicted molar refractivity (Wildman–Crippen MR) is 44.7 cm³/mol. The zero-order chi connectivity index (χ0) is 8.97. The van der Waals surface area contributed by atoms with Gasteiger partial charge < -0.3 is 15.0 Å². The normalized spacial score (nSPS) is 22.8. The molecule has 4 nitrogen and oxygen atoms in total. The van der Waals surface area contributed by atoms with Gasteiger partial charge in [0.1, 0.15) is 6.29 Å². The summed E-state index contributed by atoms with van der Waals surface area (Å²) in [6.07, 6.45) is 2.62. The Balaban J connectivity index is 2.49. The zero-order valence-corrected chi connectivity index (χ0v) is 7.25. The summed E-state index contributed by atoms with van der Waals surface area (Å²) < 4.78 is 0. The highest BCUT2D eigenvalue weighted by atomic mass is 16.2. The molecule has 0 aromatic rings. The van der Waals surface area contributed by atoms with Crippen molar-refractivity contribution in [1.29, 1.82) is 0 Å². The lowest BCUT2D eigenvalue weighted by atomic mass is 10.2. The molecule has 4 heteroatoms. The van der Waals surface area contributed by atoms with Gasteiger partial charge in [-0.1, -0.05) is 0 Å². The smallest absolute Gasteiger partial charge is 0.237 e. The van der Waals surface area contributed by atoms with Gasteiger partial charge in [0, 0.05) is 6.54 Å². The summed E-state index contributed by atoms with van der Waals surface area (Å²) in [5.41, 5.74) is 0. The first-order valence-electron chi connectivity index (χ1n) is 4.19. The van der Waals surface area contributed by atoms with Crippen LogP contribution in [-0.4, -0.2) is 43.3 Å². The molecule has 1 aliphatic heterocycles. The van der Waals surface area contributed by atoms with Crippen molar-refractivity contribution in [2.75, 3.05) is 20.1 Å². The molecule has 1 amide bonds. The fourth-order valence-corrected chi connectivity index (χ4v) is 1.50. The lowest BCUT2D eigenvalue weighted by Crippen LogP contribution is -2.40. The van der Waals surface area contributed by atoms with Gasteiger partial charge >= 0.3 is 0 Å². The van der Waals surface area contributed by atoms with Gasteiger partial charge in [-0.15, -0.1) is 0 Å². The Labute approximate surface area is 71.9 Å². The monoisotopic (exact) mass is 170 g/mol. The van der Waals surface area contributed by atoms with Crippen molar-refractivity contribution in [2.45, 2.75) is 18.9 Å². The molecule has 0 saturated carbocycles. The van der Waals surface area contributed by atoms with Crippen LogP contribution in [0.3, 0.4) is 0 Å². The first-order chi connectivity index (χ1) is 5.79. The maximum Gasteiger partial charge on any atom is 0.237 e. The molecule has 1 N–H and O–H groups in total. The SMILES string of the molecule is CNCC(=O)N1CCCC1C=O. The Morgan fingerprint density at radius 2 is 2.50 bits per heavy atom. The Morgan fingerprint density at radius 3 is 3.08 bits per heavy atom. The van der Waals surface area contributed by atoms with Gasteiger partial charge in [-0.3, -0.25) is 4.79 Å². The number of nitrogens with one attached hydrogen (secondary N) is 1. The first-order valence-corrected chi connectivity index (χ1v) is 4.19. The number of hydrogen-bond donors (Lipinski definition) is 1. The van der Waals surface area contributed by atoms with Gasteiger partial charge in [0.15, 0.2) is 0 Å². The van der Waals surface area contributed by atoms with Gasteiger partial charge in [-0.05, 0) is 19.9 Å². The van der Waals surface area contributed by atoms with Crippen LogP contribution in [0.1, 0.15) is 12.8 Å². The number of nitrogens with zero attached hydrogens (tertiary/aromatic N) is 1. The quantitative estimate of drug-likeness (QED) is 0.575. The third-order valence-electron chi connectivity index (χ3n) is 2.10. The zero-order valence-electron chi connectivity index (χ0n) is 7.25. The largest absolute Gasteiger partial charge is 0.332 e. The molecule has 0 aromatic carbocycles. The van der Waals surface area contributed by atoms with Crippen LogP contribution < -0.4 is 5.32 Å². The highest BCUT2D eigenvalue weighted by molar-refractivity contribution is 5.81. The molecule has 0 radical (unpaired) electrons. The molecule has 1 atom stereocenters. The van der Waals surface area contributed by atoms with E-state index >= 15 is 0 Å². The average Bonchev–Trinajstić information content (AvgIpc) is 2.51. The molecule has 0 aliphatic carbocycles. The lowest BCUT2D eigenvalue weighted by Gasteiger charge is -2.19. The molecule has 0 spiro atoms. The van der Waals surface area contributed by atoms with Crippen LogP contribution in [0.15, 0.2) is 0 Å². The van der Waals surface area contributed by atoms with Gasteiger partial charge in [0.25, 0.3) is 0 Å². The van der Waals surface area contributed by atoms with Crippen molar-refractivity contribution in [3.8, 4) is 0 Å². The number of likely N-dealkylation sites (N-methyl/N-ethyl adjacent to an activating group) is 1. The van der Waals surface area contributed by atoms with Crippen molar-refractivity contribution >= 4 is 12.2 Å². The van der Waals surface area contributed by atoms with E-state index in [9.17, 15) is 9.59 Å². The van der Waals surface area contributed by atoms with Crippen molar-refractivity contribution < 1.29 is 9.59 Å². The van der Waals surface area contributed by atoms with Crippen LogP contribution in [0, 0.1) is 0 Å². The van der Waals surface area contributed by atoms with Crippen LogP contribution in [-0.2, 0) is 9.59 Å². The lowest BCUT2D eigenvalue weighted by molar-refractivity contribution is -0.133. The van der Waals surface area contributed by atoms with Crippen LogP contribution in [0.25, 0.3) is 0 Å². The molecule has 1 aliphatic rings. The summed E-state index contributed by atoms with van der Waals surface area (Å²) >= 11 is 0. The van der Waals surface area contributed by atoms with E-state index in [-0.39, 0.29) is 11.9 Å². The van der Waals surface area contributed by atoms with Crippen LogP contribution in [0.4, 0.5) is 0 Å². The molecule has 1 unspecified atom stereocenters.